The highest BCUT2D eigenvalue weighted by Crippen LogP contribution is 2.27. The fraction of sp³-hybridized carbons (Fsp3) is 1.00. The zero-order valence-corrected chi connectivity index (χ0v) is 8.33. The van der Waals surface area contributed by atoms with Crippen LogP contribution in [0.4, 0.5) is 0 Å². The average Bonchev–Trinajstić information content (AvgIpc) is 2.05. The van der Waals surface area contributed by atoms with Gasteiger partial charge in [-0.3, -0.25) is 8.37 Å². The molecule has 0 aromatic heterocycles. The third-order valence-corrected chi connectivity index (χ3v) is 2.71. The second-order valence-corrected chi connectivity index (χ2v) is 4.33. The molecule has 5 nitrogen and oxygen atoms in total. The summed E-state index contributed by atoms with van der Waals surface area (Å²) in [4.78, 5) is 0. The van der Waals surface area contributed by atoms with Crippen LogP contribution in [0.1, 0.15) is 13.8 Å². The predicted molar refractivity (Wildman–Crippen MR) is 43.9 cm³/mol. The van der Waals surface area contributed by atoms with Crippen molar-refractivity contribution < 1.29 is 22.0 Å². The van der Waals surface area contributed by atoms with Crippen molar-refractivity contribution in [2.24, 2.45) is 0 Å². The summed E-state index contributed by atoms with van der Waals surface area (Å²) in [6.07, 6.45) is -0.455. The van der Waals surface area contributed by atoms with E-state index in [9.17, 15) is 4.21 Å². The van der Waals surface area contributed by atoms with Crippen LogP contribution < -0.4 is 0 Å². The minimum atomic E-state index is -1.64. The molecule has 2 rings (SSSR count). The molecule has 2 heterocycles. The lowest BCUT2D eigenvalue weighted by Gasteiger charge is -2.41. The SMILES string of the molecule is CC1(C)OC[C@@H]2OS(=O)OC[C@H]2O1. The first-order chi connectivity index (χ1) is 6.07. The van der Waals surface area contributed by atoms with E-state index in [2.05, 4.69) is 0 Å². The molecular formula is C7H12O5S. The minimum Gasteiger partial charge on any atom is -0.348 e. The predicted octanol–water partition coefficient (Wildman–Crippen LogP) is 0.132. The van der Waals surface area contributed by atoms with E-state index < -0.39 is 17.1 Å². The van der Waals surface area contributed by atoms with Crippen molar-refractivity contribution in [2.75, 3.05) is 13.2 Å². The fourth-order valence-electron chi connectivity index (χ4n) is 1.35. The van der Waals surface area contributed by atoms with E-state index in [-0.39, 0.29) is 12.2 Å². The Morgan fingerprint density at radius 1 is 1.31 bits per heavy atom. The number of hydrogen-bond donors (Lipinski definition) is 0. The summed E-state index contributed by atoms with van der Waals surface area (Å²) in [5.74, 6) is -0.604. The highest BCUT2D eigenvalue weighted by Gasteiger charge is 2.41. The largest absolute Gasteiger partial charge is 0.348 e. The standard InChI is InChI=1S/C7H12O5S/c1-7(2)9-3-6-5(11-7)4-10-13(8)12-6/h5-6H,3-4H2,1-2H3/t5-,6+,13?/m1/s1. The van der Waals surface area contributed by atoms with Gasteiger partial charge in [-0.1, -0.05) is 0 Å². The van der Waals surface area contributed by atoms with Gasteiger partial charge in [0, 0.05) is 0 Å². The first-order valence-electron chi connectivity index (χ1n) is 4.11. The summed E-state index contributed by atoms with van der Waals surface area (Å²) >= 11 is -1.64. The van der Waals surface area contributed by atoms with Crippen LogP contribution in [0.2, 0.25) is 0 Å². The first kappa shape index (κ1) is 9.54. The summed E-state index contributed by atoms with van der Waals surface area (Å²) in [5, 5.41) is 0. The van der Waals surface area contributed by atoms with Crippen LogP contribution in [0.25, 0.3) is 0 Å². The van der Waals surface area contributed by atoms with Crippen molar-refractivity contribution in [1.29, 1.82) is 0 Å². The summed E-state index contributed by atoms with van der Waals surface area (Å²) in [6.45, 7) is 4.35. The minimum absolute atomic E-state index is 0.179. The fourth-order valence-corrected chi connectivity index (χ4v) is 2.03. The van der Waals surface area contributed by atoms with Crippen LogP contribution in [-0.2, 0) is 29.2 Å². The third-order valence-electron chi connectivity index (χ3n) is 1.98. The summed E-state index contributed by atoms with van der Waals surface area (Å²) in [5.41, 5.74) is 0. The maximum Gasteiger partial charge on any atom is 0.305 e. The van der Waals surface area contributed by atoms with Gasteiger partial charge in [-0.05, 0) is 13.8 Å². The molecule has 2 fully saturated rings. The molecule has 0 amide bonds. The summed E-state index contributed by atoms with van der Waals surface area (Å²) < 4.78 is 31.5. The second kappa shape index (κ2) is 3.29. The molecule has 0 aromatic rings. The number of ether oxygens (including phenoxy) is 2. The molecule has 3 atom stereocenters. The average molecular weight is 208 g/mol. The normalized spacial score (nSPS) is 44.0. The zero-order valence-electron chi connectivity index (χ0n) is 7.52. The molecule has 0 saturated carbocycles. The van der Waals surface area contributed by atoms with Crippen LogP contribution in [0, 0.1) is 0 Å². The van der Waals surface area contributed by atoms with Gasteiger partial charge in [0.1, 0.15) is 12.2 Å². The van der Waals surface area contributed by atoms with Crippen LogP contribution in [0.15, 0.2) is 0 Å². The Balaban J connectivity index is 2.02. The molecule has 1 unspecified atom stereocenters. The van der Waals surface area contributed by atoms with E-state index >= 15 is 0 Å². The highest BCUT2D eigenvalue weighted by atomic mass is 32.2. The monoisotopic (exact) mass is 208 g/mol. The molecule has 2 saturated heterocycles. The lowest BCUT2D eigenvalue weighted by atomic mass is 10.2. The summed E-state index contributed by atoms with van der Waals surface area (Å²) in [6, 6.07) is 0. The van der Waals surface area contributed by atoms with Crippen molar-refractivity contribution >= 4 is 11.4 Å². The maximum absolute atomic E-state index is 10.8. The Morgan fingerprint density at radius 3 is 2.85 bits per heavy atom. The van der Waals surface area contributed by atoms with Crippen molar-refractivity contribution in [2.45, 2.75) is 31.8 Å². The van der Waals surface area contributed by atoms with Gasteiger partial charge in [0.15, 0.2) is 5.79 Å². The van der Waals surface area contributed by atoms with E-state index in [1.54, 1.807) is 0 Å². The molecule has 0 spiro atoms. The van der Waals surface area contributed by atoms with Gasteiger partial charge in [-0.15, -0.1) is 0 Å². The molecule has 13 heavy (non-hydrogen) atoms. The van der Waals surface area contributed by atoms with Crippen molar-refractivity contribution in [3.05, 3.63) is 0 Å². The zero-order chi connectivity index (χ0) is 9.47. The van der Waals surface area contributed by atoms with Crippen LogP contribution in [0.5, 0.6) is 0 Å². The molecule has 2 aliphatic rings. The maximum atomic E-state index is 10.8. The van der Waals surface area contributed by atoms with Gasteiger partial charge in [-0.2, -0.15) is 4.21 Å². The Morgan fingerprint density at radius 2 is 2.08 bits per heavy atom. The molecule has 76 valence electrons. The molecular weight excluding hydrogens is 196 g/mol. The smallest absolute Gasteiger partial charge is 0.305 e. The lowest BCUT2D eigenvalue weighted by Crippen LogP contribution is -2.54. The van der Waals surface area contributed by atoms with Gasteiger partial charge in [0.2, 0.25) is 0 Å². The molecule has 0 aromatic carbocycles. The van der Waals surface area contributed by atoms with Gasteiger partial charge in [0.05, 0.1) is 13.2 Å². The molecule has 0 N–H and O–H groups in total. The van der Waals surface area contributed by atoms with E-state index in [0.717, 1.165) is 0 Å². The van der Waals surface area contributed by atoms with Crippen LogP contribution in [0.3, 0.4) is 0 Å². The van der Waals surface area contributed by atoms with Crippen molar-refractivity contribution in [3.63, 3.8) is 0 Å². The number of hydrogen-bond acceptors (Lipinski definition) is 5. The molecule has 0 bridgehead atoms. The van der Waals surface area contributed by atoms with Gasteiger partial charge < -0.3 is 9.47 Å². The van der Waals surface area contributed by atoms with Gasteiger partial charge in [-0.25, -0.2) is 0 Å². The van der Waals surface area contributed by atoms with E-state index in [0.29, 0.717) is 13.2 Å². The Kier molecular flexibility index (Phi) is 2.41. The first-order valence-corrected chi connectivity index (χ1v) is 5.11. The van der Waals surface area contributed by atoms with Crippen molar-refractivity contribution in [3.8, 4) is 0 Å². The highest BCUT2D eigenvalue weighted by molar-refractivity contribution is 7.75. The molecule has 2 aliphatic heterocycles. The van der Waals surface area contributed by atoms with Crippen molar-refractivity contribution in [1.82, 2.24) is 0 Å². The van der Waals surface area contributed by atoms with E-state index in [4.69, 9.17) is 17.8 Å². The Bertz CT molecular complexity index is 229. The van der Waals surface area contributed by atoms with E-state index in [1.165, 1.54) is 0 Å². The molecule has 0 aliphatic carbocycles. The topological polar surface area (TPSA) is 54.0 Å². The van der Waals surface area contributed by atoms with Gasteiger partial charge >= 0.3 is 11.4 Å². The molecule has 6 heteroatoms. The number of fused-ring (bicyclic) bond motifs is 1. The Labute approximate surface area is 79.2 Å². The molecule has 0 radical (unpaired) electrons. The number of rotatable bonds is 0. The third kappa shape index (κ3) is 2.08. The van der Waals surface area contributed by atoms with Crippen LogP contribution in [-0.4, -0.2) is 35.4 Å². The second-order valence-electron chi connectivity index (χ2n) is 3.49. The quantitative estimate of drug-likeness (QED) is 0.566. The Hall–Kier alpha value is -0.0100. The summed E-state index contributed by atoms with van der Waals surface area (Å²) in [7, 11) is 0. The lowest BCUT2D eigenvalue weighted by molar-refractivity contribution is -0.308. The van der Waals surface area contributed by atoms with Gasteiger partial charge in [0.25, 0.3) is 0 Å². The van der Waals surface area contributed by atoms with Crippen LogP contribution >= 0.6 is 0 Å². The van der Waals surface area contributed by atoms with E-state index in [1.807, 2.05) is 13.8 Å².